The van der Waals surface area contributed by atoms with Crippen LogP contribution in [0.2, 0.25) is 0 Å². The molecule has 3 aromatic carbocycles. The van der Waals surface area contributed by atoms with Crippen LogP contribution in [0, 0.1) is 6.92 Å². The number of hydrogen-bond donors (Lipinski definition) is 2. The maximum atomic E-state index is 12.4. The molecule has 0 fully saturated rings. The fourth-order valence-corrected chi connectivity index (χ4v) is 4.90. The molecule has 0 spiro atoms. The van der Waals surface area contributed by atoms with E-state index >= 15 is 0 Å². The summed E-state index contributed by atoms with van der Waals surface area (Å²) >= 11 is 0. The molecule has 0 aromatic heterocycles. The monoisotopic (exact) mass is 416 g/mol. The lowest BCUT2D eigenvalue weighted by molar-refractivity contribution is 0.599. The van der Waals surface area contributed by atoms with Crippen molar-refractivity contribution in [3.8, 4) is 0 Å². The minimum atomic E-state index is -3.75. The lowest BCUT2D eigenvalue weighted by Gasteiger charge is -2.11. The highest BCUT2D eigenvalue weighted by Crippen LogP contribution is 2.19. The van der Waals surface area contributed by atoms with Crippen LogP contribution in [0.25, 0.3) is 0 Å². The molecular formula is C20H20N2O4S2. The van der Waals surface area contributed by atoms with Gasteiger partial charge in [0.1, 0.15) is 0 Å². The molecule has 0 saturated heterocycles. The van der Waals surface area contributed by atoms with Crippen molar-refractivity contribution in [1.29, 1.82) is 0 Å². The number of aryl methyl sites for hydroxylation is 1. The van der Waals surface area contributed by atoms with Gasteiger partial charge >= 0.3 is 0 Å². The fraction of sp³-hybridized carbons (Fsp3) is 0.100. The van der Waals surface area contributed by atoms with E-state index in [0.29, 0.717) is 16.9 Å². The number of nitrogens with one attached hydrogen (secondary N) is 2. The third-order valence-electron chi connectivity index (χ3n) is 3.90. The number of benzene rings is 3. The van der Waals surface area contributed by atoms with Crippen molar-refractivity contribution in [2.75, 3.05) is 9.44 Å². The molecule has 3 rings (SSSR count). The topological polar surface area (TPSA) is 92.3 Å². The summed E-state index contributed by atoms with van der Waals surface area (Å²) < 4.78 is 54.5. The molecule has 0 heterocycles. The molecule has 0 unspecified atom stereocenters. The first-order valence-corrected chi connectivity index (χ1v) is 11.6. The highest BCUT2D eigenvalue weighted by molar-refractivity contribution is 7.92. The Bertz CT molecular complexity index is 1160. The van der Waals surface area contributed by atoms with Crippen molar-refractivity contribution >= 4 is 31.4 Å². The molecule has 0 aliphatic heterocycles. The summed E-state index contributed by atoms with van der Waals surface area (Å²) in [6.45, 7) is 1.90. The number of hydrogen-bond acceptors (Lipinski definition) is 4. The van der Waals surface area contributed by atoms with Crippen molar-refractivity contribution in [3.05, 3.63) is 90.0 Å². The number of para-hydroxylation sites is 1. The van der Waals surface area contributed by atoms with Gasteiger partial charge in [-0.1, -0.05) is 48.0 Å². The number of rotatable bonds is 7. The molecule has 0 radical (unpaired) electrons. The molecule has 0 saturated carbocycles. The Labute approximate surface area is 165 Å². The van der Waals surface area contributed by atoms with Crippen molar-refractivity contribution in [2.45, 2.75) is 17.6 Å². The molecule has 0 atom stereocenters. The Morgan fingerprint density at radius 1 is 0.714 bits per heavy atom. The molecule has 146 valence electrons. The van der Waals surface area contributed by atoms with Crippen LogP contribution in [0.15, 0.2) is 83.8 Å². The fourth-order valence-electron chi connectivity index (χ4n) is 2.66. The van der Waals surface area contributed by atoms with Crippen molar-refractivity contribution in [2.24, 2.45) is 0 Å². The van der Waals surface area contributed by atoms with Gasteiger partial charge in [-0.3, -0.25) is 9.44 Å². The Hall–Kier alpha value is -2.84. The second-order valence-corrected chi connectivity index (χ2v) is 9.75. The van der Waals surface area contributed by atoms with Gasteiger partial charge < -0.3 is 0 Å². The SMILES string of the molecule is Cc1cccc(CS(=O)(=O)Nc2ccc(S(=O)(=O)Nc3ccccc3)cc2)c1. The summed E-state index contributed by atoms with van der Waals surface area (Å²) in [6.07, 6.45) is 0. The molecule has 0 bridgehead atoms. The highest BCUT2D eigenvalue weighted by atomic mass is 32.2. The van der Waals surface area contributed by atoms with E-state index in [1.807, 2.05) is 19.1 Å². The molecule has 8 heteroatoms. The van der Waals surface area contributed by atoms with Crippen LogP contribution in [0.4, 0.5) is 11.4 Å². The van der Waals surface area contributed by atoms with Gasteiger partial charge in [-0.25, -0.2) is 16.8 Å². The smallest absolute Gasteiger partial charge is 0.261 e. The molecule has 0 aliphatic carbocycles. The van der Waals surface area contributed by atoms with Crippen LogP contribution in [0.5, 0.6) is 0 Å². The van der Waals surface area contributed by atoms with Crippen LogP contribution in [-0.2, 0) is 25.8 Å². The summed E-state index contributed by atoms with van der Waals surface area (Å²) in [7, 11) is -7.37. The summed E-state index contributed by atoms with van der Waals surface area (Å²) in [5, 5.41) is 0. The van der Waals surface area contributed by atoms with Crippen LogP contribution >= 0.6 is 0 Å². The Kier molecular flexibility index (Phi) is 5.71. The Morgan fingerprint density at radius 3 is 2.00 bits per heavy atom. The van der Waals surface area contributed by atoms with Gasteiger partial charge in [0.15, 0.2) is 0 Å². The van der Waals surface area contributed by atoms with Gasteiger partial charge in [0.05, 0.1) is 10.6 Å². The van der Waals surface area contributed by atoms with Crippen LogP contribution in [-0.4, -0.2) is 16.8 Å². The zero-order valence-corrected chi connectivity index (χ0v) is 16.8. The van der Waals surface area contributed by atoms with E-state index in [0.717, 1.165) is 5.56 Å². The first kappa shape index (κ1) is 19.9. The average Bonchev–Trinajstić information content (AvgIpc) is 2.62. The normalized spacial score (nSPS) is 11.8. The molecular weight excluding hydrogens is 396 g/mol. The second kappa shape index (κ2) is 8.04. The minimum Gasteiger partial charge on any atom is -0.283 e. The molecule has 6 nitrogen and oxygen atoms in total. The van der Waals surface area contributed by atoms with E-state index in [4.69, 9.17) is 0 Å². The van der Waals surface area contributed by atoms with Crippen LogP contribution in [0.3, 0.4) is 0 Å². The van der Waals surface area contributed by atoms with Crippen molar-refractivity contribution < 1.29 is 16.8 Å². The van der Waals surface area contributed by atoms with Crippen LogP contribution in [0.1, 0.15) is 11.1 Å². The lowest BCUT2D eigenvalue weighted by atomic mass is 10.2. The van der Waals surface area contributed by atoms with E-state index in [1.165, 1.54) is 24.3 Å². The standard InChI is InChI=1S/C20H20N2O4S2/c1-16-6-5-7-17(14-16)15-27(23,24)21-19-10-12-20(13-11-19)28(25,26)22-18-8-3-2-4-9-18/h2-14,21-22H,15H2,1H3. The quantitative estimate of drug-likeness (QED) is 0.614. The summed E-state index contributed by atoms with van der Waals surface area (Å²) in [5.41, 5.74) is 2.41. The van der Waals surface area contributed by atoms with E-state index in [1.54, 1.807) is 42.5 Å². The van der Waals surface area contributed by atoms with Gasteiger partial charge in [0.2, 0.25) is 10.0 Å². The summed E-state index contributed by atoms with van der Waals surface area (Å²) in [5.74, 6) is -0.162. The predicted octanol–water partition coefficient (Wildman–Crippen LogP) is 3.74. The van der Waals surface area contributed by atoms with Crippen molar-refractivity contribution in [1.82, 2.24) is 0 Å². The first-order chi connectivity index (χ1) is 13.2. The van der Waals surface area contributed by atoms with Gasteiger partial charge in [-0.2, -0.15) is 0 Å². The summed E-state index contributed by atoms with van der Waals surface area (Å²) in [6, 6.07) is 21.3. The van der Waals surface area contributed by atoms with Gasteiger partial charge in [0, 0.05) is 11.4 Å². The second-order valence-electron chi connectivity index (χ2n) is 6.35. The molecule has 28 heavy (non-hydrogen) atoms. The highest BCUT2D eigenvalue weighted by Gasteiger charge is 2.16. The zero-order valence-electron chi connectivity index (χ0n) is 15.2. The Balaban J connectivity index is 1.71. The average molecular weight is 417 g/mol. The van der Waals surface area contributed by atoms with Gasteiger partial charge in [-0.15, -0.1) is 0 Å². The van der Waals surface area contributed by atoms with Gasteiger partial charge in [0.25, 0.3) is 10.0 Å². The lowest BCUT2D eigenvalue weighted by Crippen LogP contribution is -2.16. The maximum Gasteiger partial charge on any atom is 0.261 e. The third kappa shape index (κ3) is 5.34. The number of anilines is 2. The van der Waals surface area contributed by atoms with Gasteiger partial charge in [-0.05, 0) is 48.9 Å². The molecule has 0 amide bonds. The van der Waals surface area contributed by atoms with E-state index in [-0.39, 0.29) is 10.6 Å². The largest absolute Gasteiger partial charge is 0.283 e. The maximum absolute atomic E-state index is 12.4. The first-order valence-electron chi connectivity index (χ1n) is 8.47. The molecule has 0 aliphatic rings. The summed E-state index contributed by atoms with van der Waals surface area (Å²) in [4.78, 5) is 0.0398. The van der Waals surface area contributed by atoms with E-state index in [9.17, 15) is 16.8 Å². The zero-order chi connectivity index (χ0) is 20.2. The molecule has 2 N–H and O–H groups in total. The van der Waals surface area contributed by atoms with E-state index < -0.39 is 20.0 Å². The van der Waals surface area contributed by atoms with Crippen molar-refractivity contribution in [3.63, 3.8) is 0 Å². The minimum absolute atomic E-state index is 0.0398. The number of sulfonamides is 2. The van der Waals surface area contributed by atoms with E-state index in [2.05, 4.69) is 9.44 Å². The predicted molar refractivity (Wildman–Crippen MR) is 111 cm³/mol. The third-order valence-corrected chi connectivity index (χ3v) is 6.56. The Morgan fingerprint density at radius 2 is 1.36 bits per heavy atom. The molecule has 3 aromatic rings. The van der Waals surface area contributed by atoms with Crippen LogP contribution < -0.4 is 9.44 Å².